The van der Waals surface area contributed by atoms with E-state index in [-0.39, 0.29) is 30.6 Å². The molecule has 2 rings (SSSR count). The average Bonchev–Trinajstić information content (AvgIpc) is 2.91. The number of halogens is 1. The van der Waals surface area contributed by atoms with Crippen LogP contribution < -0.4 is 21.3 Å². The monoisotopic (exact) mass is 610 g/mol. The SMILES string of the molecule is C#CCCCC(=O)N[C@@H](Cc1ccccc1)C(=O)N[C@@H](CC(C)C)C(=O)N[C@@H](C)C(=O)NCc1cccc(Br)c1. The minimum Gasteiger partial charge on any atom is -0.350 e. The van der Waals surface area contributed by atoms with Crippen LogP contribution in [0.1, 0.15) is 57.6 Å². The van der Waals surface area contributed by atoms with Crippen LogP contribution in [0.25, 0.3) is 0 Å². The highest BCUT2D eigenvalue weighted by Gasteiger charge is 2.29. The molecule has 0 aliphatic rings. The molecule has 0 radical (unpaired) electrons. The molecule has 0 saturated heterocycles. The molecule has 4 N–H and O–H groups in total. The zero-order valence-corrected chi connectivity index (χ0v) is 24.9. The highest BCUT2D eigenvalue weighted by molar-refractivity contribution is 9.10. The van der Waals surface area contributed by atoms with E-state index in [1.807, 2.05) is 68.4 Å². The number of carbonyl (C=O) groups excluding carboxylic acids is 4. The van der Waals surface area contributed by atoms with Crippen LogP contribution in [0.4, 0.5) is 0 Å². The molecule has 9 heteroatoms. The summed E-state index contributed by atoms with van der Waals surface area (Å²) < 4.78 is 0.905. The molecule has 0 heterocycles. The van der Waals surface area contributed by atoms with Gasteiger partial charge < -0.3 is 21.3 Å². The van der Waals surface area contributed by atoms with Gasteiger partial charge in [-0.25, -0.2) is 0 Å². The lowest BCUT2D eigenvalue weighted by Crippen LogP contribution is -2.56. The quantitative estimate of drug-likeness (QED) is 0.182. The Morgan fingerprint density at radius 1 is 0.850 bits per heavy atom. The van der Waals surface area contributed by atoms with E-state index < -0.39 is 29.9 Å². The molecule has 8 nitrogen and oxygen atoms in total. The van der Waals surface area contributed by atoms with Crippen LogP contribution in [0, 0.1) is 18.3 Å². The van der Waals surface area contributed by atoms with Crippen LogP contribution in [-0.4, -0.2) is 41.8 Å². The predicted molar refractivity (Wildman–Crippen MR) is 160 cm³/mol. The number of carbonyl (C=O) groups is 4. The van der Waals surface area contributed by atoms with Gasteiger partial charge in [0, 0.05) is 30.3 Å². The number of nitrogens with one attached hydrogen (secondary N) is 4. The average molecular weight is 612 g/mol. The Labute approximate surface area is 245 Å². The van der Waals surface area contributed by atoms with E-state index in [2.05, 4.69) is 43.1 Å². The molecule has 0 aliphatic carbocycles. The van der Waals surface area contributed by atoms with E-state index in [0.29, 0.717) is 25.8 Å². The van der Waals surface area contributed by atoms with Crippen molar-refractivity contribution >= 4 is 39.6 Å². The van der Waals surface area contributed by atoms with Crippen molar-refractivity contribution in [2.75, 3.05) is 0 Å². The normalized spacial score (nSPS) is 12.9. The smallest absolute Gasteiger partial charge is 0.243 e. The summed E-state index contributed by atoms with van der Waals surface area (Å²) in [6.07, 6.45) is 7.08. The fourth-order valence-electron chi connectivity index (χ4n) is 4.02. The van der Waals surface area contributed by atoms with Crippen LogP contribution in [0.15, 0.2) is 59.1 Å². The van der Waals surface area contributed by atoms with Crippen LogP contribution in [0.5, 0.6) is 0 Å². The molecule has 0 fully saturated rings. The van der Waals surface area contributed by atoms with Gasteiger partial charge in [-0.2, -0.15) is 0 Å². The van der Waals surface area contributed by atoms with Gasteiger partial charge in [0.05, 0.1) is 0 Å². The van der Waals surface area contributed by atoms with Crippen molar-refractivity contribution in [2.24, 2.45) is 5.92 Å². The number of hydrogen-bond acceptors (Lipinski definition) is 4. The Bertz CT molecular complexity index is 1180. The summed E-state index contributed by atoms with van der Waals surface area (Å²) in [5.74, 6) is 1.02. The fraction of sp³-hybridized carbons (Fsp3) is 0.419. The Morgan fingerprint density at radius 2 is 1.52 bits per heavy atom. The topological polar surface area (TPSA) is 116 Å². The Hall–Kier alpha value is -3.64. The highest BCUT2D eigenvalue weighted by Crippen LogP contribution is 2.12. The summed E-state index contributed by atoms with van der Waals surface area (Å²) in [6.45, 7) is 5.79. The third kappa shape index (κ3) is 12.0. The molecular weight excluding hydrogens is 572 g/mol. The van der Waals surface area contributed by atoms with Crippen molar-refractivity contribution in [3.8, 4) is 12.3 Å². The molecule has 2 aromatic rings. The molecule has 2 aromatic carbocycles. The summed E-state index contributed by atoms with van der Waals surface area (Å²) in [5, 5.41) is 11.2. The van der Waals surface area contributed by atoms with E-state index in [4.69, 9.17) is 6.42 Å². The number of hydrogen-bond donors (Lipinski definition) is 4. The molecule has 40 heavy (non-hydrogen) atoms. The van der Waals surface area contributed by atoms with Gasteiger partial charge in [-0.05, 0) is 48.9 Å². The van der Waals surface area contributed by atoms with Gasteiger partial charge in [-0.1, -0.05) is 72.2 Å². The van der Waals surface area contributed by atoms with Crippen molar-refractivity contribution in [1.82, 2.24) is 21.3 Å². The van der Waals surface area contributed by atoms with Gasteiger partial charge in [0.25, 0.3) is 0 Å². The Kier molecular flexibility index (Phi) is 14.0. The highest BCUT2D eigenvalue weighted by atomic mass is 79.9. The maximum atomic E-state index is 13.4. The summed E-state index contributed by atoms with van der Waals surface area (Å²) >= 11 is 3.41. The zero-order valence-electron chi connectivity index (χ0n) is 23.3. The number of rotatable bonds is 15. The molecule has 4 amide bonds. The predicted octanol–water partition coefficient (Wildman–Crippen LogP) is 3.63. The lowest BCUT2D eigenvalue weighted by atomic mass is 10.0. The van der Waals surface area contributed by atoms with Gasteiger partial charge in [-0.15, -0.1) is 12.3 Å². The van der Waals surface area contributed by atoms with Gasteiger partial charge in [-0.3, -0.25) is 19.2 Å². The van der Waals surface area contributed by atoms with E-state index in [9.17, 15) is 19.2 Å². The standard InChI is InChI=1S/C31H39BrN4O4/c1-5-6-8-16-28(37)35-27(19-23-12-9-7-10-13-23)31(40)36-26(17-21(2)3)30(39)34-22(4)29(38)33-20-24-14-11-15-25(32)18-24/h1,7,9-15,18,21-22,26-27H,6,8,16-17,19-20H2,2-4H3,(H,33,38)(H,34,39)(H,35,37)(H,36,40)/t22-,26-,27-/m0/s1. The number of amides is 4. The lowest BCUT2D eigenvalue weighted by molar-refractivity contribution is -0.133. The van der Waals surface area contributed by atoms with Crippen molar-refractivity contribution in [3.05, 3.63) is 70.2 Å². The van der Waals surface area contributed by atoms with E-state index in [1.54, 1.807) is 6.92 Å². The fourth-order valence-corrected chi connectivity index (χ4v) is 4.47. The maximum absolute atomic E-state index is 13.4. The first-order valence-electron chi connectivity index (χ1n) is 13.5. The molecule has 0 saturated carbocycles. The summed E-state index contributed by atoms with van der Waals surface area (Å²) in [7, 11) is 0. The molecule has 0 spiro atoms. The van der Waals surface area contributed by atoms with Gasteiger partial charge in [0.2, 0.25) is 23.6 Å². The summed E-state index contributed by atoms with van der Waals surface area (Å²) in [6, 6.07) is 14.3. The van der Waals surface area contributed by atoms with E-state index in [0.717, 1.165) is 15.6 Å². The molecule has 0 unspecified atom stereocenters. The minimum absolute atomic E-state index is 0.0858. The van der Waals surface area contributed by atoms with Crippen LogP contribution in [0.2, 0.25) is 0 Å². The first-order chi connectivity index (χ1) is 19.1. The third-order valence-corrected chi connectivity index (χ3v) is 6.60. The largest absolute Gasteiger partial charge is 0.350 e. The van der Waals surface area contributed by atoms with Gasteiger partial charge in [0.15, 0.2) is 0 Å². The second-order valence-corrected chi connectivity index (χ2v) is 11.1. The van der Waals surface area contributed by atoms with Crippen molar-refractivity contribution in [2.45, 2.75) is 77.5 Å². The van der Waals surface area contributed by atoms with Crippen molar-refractivity contribution in [3.63, 3.8) is 0 Å². The molecule has 3 atom stereocenters. The van der Waals surface area contributed by atoms with Gasteiger partial charge >= 0.3 is 0 Å². The third-order valence-electron chi connectivity index (χ3n) is 6.11. The van der Waals surface area contributed by atoms with Crippen molar-refractivity contribution < 1.29 is 19.2 Å². The Morgan fingerprint density at radius 3 is 2.17 bits per heavy atom. The second kappa shape index (κ2) is 17.1. The molecule has 0 bridgehead atoms. The van der Waals surface area contributed by atoms with Crippen LogP contribution in [0.3, 0.4) is 0 Å². The minimum atomic E-state index is -0.885. The molecule has 0 aromatic heterocycles. The summed E-state index contributed by atoms with van der Waals surface area (Å²) in [5.41, 5.74) is 1.78. The second-order valence-electron chi connectivity index (χ2n) is 10.1. The molecular formula is C31H39BrN4O4. The number of benzene rings is 2. The first-order valence-corrected chi connectivity index (χ1v) is 14.3. The van der Waals surface area contributed by atoms with E-state index in [1.165, 1.54) is 0 Å². The summed E-state index contributed by atoms with van der Waals surface area (Å²) in [4.78, 5) is 51.8. The first kappa shape index (κ1) is 32.6. The van der Waals surface area contributed by atoms with Crippen LogP contribution >= 0.6 is 15.9 Å². The van der Waals surface area contributed by atoms with Gasteiger partial charge in [0.1, 0.15) is 18.1 Å². The Balaban J connectivity index is 2.06. The van der Waals surface area contributed by atoms with Crippen molar-refractivity contribution in [1.29, 1.82) is 0 Å². The maximum Gasteiger partial charge on any atom is 0.243 e. The number of unbranched alkanes of at least 4 members (excludes halogenated alkanes) is 1. The lowest BCUT2D eigenvalue weighted by Gasteiger charge is -2.25. The zero-order chi connectivity index (χ0) is 29.5. The number of terminal acetylenes is 1. The molecule has 214 valence electrons. The molecule has 0 aliphatic heterocycles. The van der Waals surface area contributed by atoms with E-state index >= 15 is 0 Å². The van der Waals surface area contributed by atoms with Crippen LogP contribution in [-0.2, 0) is 32.1 Å².